The van der Waals surface area contributed by atoms with Crippen LogP contribution in [0.4, 0.5) is 10.5 Å². The van der Waals surface area contributed by atoms with Gasteiger partial charge in [0.05, 0.1) is 0 Å². The van der Waals surface area contributed by atoms with Crippen molar-refractivity contribution in [2.45, 2.75) is 0 Å². The second-order valence-electron chi connectivity index (χ2n) is 2.90. The Morgan fingerprint density at radius 1 is 1.47 bits per heavy atom. The normalized spacial score (nSPS) is 10.3. The van der Waals surface area contributed by atoms with E-state index in [-0.39, 0.29) is 12.6 Å². The summed E-state index contributed by atoms with van der Waals surface area (Å²) in [6.45, 7) is -0.243. The molecule has 1 rings (SSSR count). The van der Waals surface area contributed by atoms with Gasteiger partial charge in [0.1, 0.15) is 6.61 Å². The summed E-state index contributed by atoms with van der Waals surface area (Å²) < 4.78 is 0. The number of anilines is 1. The molecule has 0 unspecified atom stereocenters. The number of nitrogens with one attached hydrogen (secondary N) is 2. The highest BCUT2D eigenvalue weighted by molar-refractivity contribution is 5.89. The summed E-state index contributed by atoms with van der Waals surface area (Å²) in [6.07, 6.45) is 3.25. The summed E-state index contributed by atoms with van der Waals surface area (Å²) in [5.41, 5.74) is 1.59. The second-order valence-corrected chi connectivity index (χ2v) is 2.90. The molecule has 0 aromatic heterocycles. The van der Waals surface area contributed by atoms with Gasteiger partial charge in [-0.3, -0.25) is 0 Å². The summed E-state index contributed by atoms with van der Waals surface area (Å²) in [5, 5.41) is 15.4. The molecule has 2 N–H and O–H groups in total. The topological polar surface area (TPSA) is 61.0 Å². The molecular formula is C11H13N2O2. The second kappa shape index (κ2) is 5.82. The van der Waals surface area contributed by atoms with Crippen LogP contribution in [-0.2, 0) is 5.11 Å². The zero-order chi connectivity index (χ0) is 11.1. The van der Waals surface area contributed by atoms with E-state index >= 15 is 0 Å². The molecule has 4 heteroatoms. The molecule has 1 aromatic carbocycles. The predicted molar refractivity (Wildman–Crippen MR) is 59.1 cm³/mol. The Labute approximate surface area is 88.6 Å². The molecule has 79 valence electrons. The molecule has 1 radical (unpaired) electrons. The smallest absolute Gasteiger partial charge is 0.318 e. The van der Waals surface area contributed by atoms with E-state index in [1.807, 2.05) is 12.1 Å². The fraction of sp³-hybridized carbons (Fsp3) is 0.182. The number of hydrogen-bond donors (Lipinski definition) is 2. The van der Waals surface area contributed by atoms with Crippen LogP contribution >= 0.6 is 0 Å². The Morgan fingerprint density at radius 2 is 2.27 bits per heavy atom. The first-order chi connectivity index (χ1) is 7.26. The third-order valence-electron chi connectivity index (χ3n) is 1.78. The summed E-state index contributed by atoms with van der Waals surface area (Å²) in [5.74, 6) is 0. The van der Waals surface area contributed by atoms with Crippen molar-refractivity contribution >= 4 is 17.8 Å². The molecule has 0 fully saturated rings. The Bertz CT molecular complexity index is 361. The maximum Gasteiger partial charge on any atom is 0.318 e. The zero-order valence-electron chi connectivity index (χ0n) is 8.49. The lowest BCUT2D eigenvalue weighted by molar-refractivity contribution is 0.233. The Kier molecular flexibility index (Phi) is 4.37. The first-order valence-electron chi connectivity index (χ1n) is 4.59. The van der Waals surface area contributed by atoms with Gasteiger partial charge in [0, 0.05) is 12.7 Å². The van der Waals surface area contributed by atoms with E-state index < -0.39 is 0 Å². The maximum atomic E-state index is 11.0. The summed E-state index contributed by atoms with van der Waals surface area (Å²) in [7, 11) is 1.55. The fourth-order valence-electron chi connectivity index (χ4n) is 1.10. The Balaban J connectivity index is 2.74. The Morgan fingerprint density at radius 3 is 2.93 bits per heavy atom. The maximum absolute atomic E-state index is 11.0. The van der Waals surface area contributed by atoms with Gasteiger partial charge in [-0.15, -0.1) is 0 Å². The van der Waals surface area contributed by atoms with Gasteiger partial charge >= 0.3 is 6.03 Å². The van der Waals surface area contributed by atoms with E-state index in [4.69, 9.17) is 0 Å². The van der Waals surface area contributed by atoms with E-state index in [2.05, 4.69) is 10.6 Å². The molecule has 0 saturated heterocycles. The van der Waals surface area contributed by atoms with Gasteiger partial charge in [-0.1, -0.05) is 24.3 Å². The average Bonchev–Trinajstić information content (AvgIpc) is 2.26. The van der Waals surface area contributed by atoms with E-state index in [1.54, 1.807) is 25.3 Å². The summed E-state index contributed by atoms with van der Waals surface area (Å²) in [4.78, 5) is 11.0. The molecule has 0 heterocycles. The van der Waals surface area contributed by atoms with Crippen molar-refractivity contribution in [3.05, 3.63) is 35.9 Å². The predicted octanol–water partition coefficient (Wildman–Crippen LogP) is 1.88. The van der Waals surface area contributed by atoms with Crippen molar-refractivity contribution in [1.82, 2.24) is 5.32 Å². The van der Waals surface area contributed by atoms with Crippen LogP contribution in [0.15, 0.2) is 30.3 Å². The monoisotopic (exact) mass is 205 g/mol. The highest BCUT2D eigenvalue weighted by Gasteiger charge is 1.97. The number of benzene rings is 1. The first-order valence-corrected chi connectivity index (χ1v) is 4.59. The molecule has 0 aliphatic rings. The van der Waals surface area contributed by atoms with E-state index in [9.17, 15) is 9.90 Å². The molecule has 0 atom stereocenters. The molecule has 2 amide bonds. The first kappa shape index (κ1) is 11.3. The van der Waals surface area contributed by atoms with Gasteiger partial charge in [-0.2, -0.15) is 0 Å². The molecular weight excluding hydrogens is 192 g/mol. The molecule has 4 nitrogen and oxygen atoms in total. The lowest BCUT2D eigenvalue weighted by Crippen LogP contribution is -2.24. The SMILES string of the molecule is CNC(=O)Nc1cccc(/C=C/C[O])c1. The number of carbonyl (C=O) groups excluding carboxylic acids is 1. The number of hydrogen-bond acceptors (Lipinski definition) is 1. The van der Waals surface area contributed by atoms with Crippen LogP contribution in [0.2, 0.25) is 0 Å². The van der Waals surface area contributed by atoms with Gasteiger partial charge in [0.15, 0.2) is 0 Å². The van der Waals surface area contributed by atoms with E-state index in [1.165, 1.54) is 6.08 Å². The minimum absolute atomic E-state index is 0.243. The van der Waals surface area contributed by atoms with Crippen molar-refractivity contribution in [3.8, 4) is 0 Å². The molecule has 0 bridgehead atoms. The van der Waals surface area contributed by atoms with Crippen LogP contribution in [0, 0.1) is 0 Å². The molecule has 1 aromatic rings. The highest BCUT2D eigenvalue weighted by Crippen LogP contribution is 2.11. The van der Waals surface area contributed by atoms with Crippen LogP contribution in [0.5, 0.6) is 0 Å². The van der Waals surface area contributed by atoms with Gasteiger partial charge in [0.2, 0.25) is 0 Å². The van der Waals surface area contributed by atoms with Crippen LogP contribution in [0.1, 0.15) is 5.56 Å². The largest absolute Gasteiger partial charge is 0.341 e. The molecule has 0 aliphatic carbocycles. The van der Waals surface area contributed by atoms with Crippen molar-refractivity contribution in [3.63, 3.8) is 0 Å². The lowest BCUT2D eigenvalue weighted by Gasteiger charge is -2.04. The molecule has 0 spiro atoms. The van der Waals surface area contributed by atoms with E-state index in [0.29, 0.717) is 5.69 Å². The average molecular weight is 205 g/mol. The zero-order valence-corrected chi connectivity index (χ0v) is 8.49. The van der Waals surface area contributed by atoms with Crippen molar-refractivity contribution in [2.75, 3.05) is 19.0 Å². The quantitative estimate of drug-likeness (QED) is 0.777. The van der Waals surface area contributed by atoms with Gasteiger partial charge in [-0.05, 0) is 17.7 Å². The van der Waals surface area contributed by atoms with E-state index in [0.717, 1.165) is 5.56 Å². The number of carbonyl (C=O) groups is 1. The number of amides is 2. The standard InChI is InChI=1S/C11H13N2O2/c1-12-11(15)13-10-6-2-4-9(8-10)5-3-7-14/h2-6,8H,7H2,1H3,(H2,12,13,15)/b5-3+. The van der Waals surface area contributed by atoms with Crippen molar-refractivity contribution < 1.29 is 9.90 Å². The Hall–Kier alpha value is -1.81. The highest BCUT2D eigenvalue weighted by atomic mass is 16.2. The molecule has 15 heavy (non-hydrogen) atoms. The fourth-order valence-corrected chi connectivity index (χ4v) is 1.10. The number of rotatable bonds is 3. The van der Waals surface area contributed by atoms with Crippen LogP contribution in [0.25, 0.3) is 6.08 Å². The lowest BCUT2D eigenvalue weighted by atomic mass is 10.2. The van der Waals surface area contributed by atoms with Gasteiger partial charge in [0.25, 0.3) is 0 Å². The molecule has 0 aliphatic heterocycles. The van der Waals surface area contributed by atoms with Gasteiger partial charge in [-0.25, -0.2) is 9.90 Å². The third kappa shape index (κ3) is 3.83. The van der Waals surface area contributed by atoms with Crippen LogP contribution in [0.3, 0.4) is 0 Å². The summed E-state index contributed by atoms with van der Waals surface area (Å²) >= 11 is 0. The number of urea groups is 1. The minimum Gasteiger partial charge on any atom is -0.341 e. The minimum atomic E-state index is -0.264. The van der Waals surface area contributed by atoms with Gasteiger partial charge < -0.3 is 10.6 Å². The van der Waals surface area contributed by atoms with Crippen LogP contribution in [-0.4, -0.2) is 19.7 Å². The van der Waals surface area contributed by atoms with Crippen molar-refractivity contribution in [2.24, 2.45) is 0 Å². The van der Waals surface area contributed by atoms with Crippen molar-refractivity contribution in [1.29, 1.82) is 0 Å². The molecule has 0 saturated carbocycles. The third-order valence-corrected chi connectivity index (χ3v) is 1.78. The van der Waals surface area contributed by atoms with Crippen LogP contribution < -0.4 is 10.6 Å². The summed E-state index contributed by atoms with van der Waals surface area (Å²) in [6, 6.07) is 6.99.